The number of halogens is 1. The number of amides is 4. The van der Waals surface area contributed by atoms with E-state index in [1.807, 2.05) is 0 Å². The zero-order valence-electron chi connectivity index (χ0n) is 22.1. The van der Waals surface area contributed by atoms with Crippen molar-refractivity contribution >= 4 is 33.5 Å². The molecule has 12 heteroatoms. The Morgan fingerprint density at radius 2 is 1.87 bits per heavy atom. The highest BCUT2D eigenvalue weighted by Gasteiger charge is 2.51. The minimum absolute atomic E-state index is 0.0216. The zero-order chi connectivity index (χ0) is 28.3. The van der Waals surface area contributed by atoms with Gasteiger partial charge in [0.25, 0.3) is 5.91 Å². The van der Waals surface area contributed by atoms with E-state index in [9.17, 15) is 32.0 Å². The molecule has 0 radical (unpaired) electrons. The average Bonchev–Trinajstić information content (AvgIpc) is 3.58. The lowest BCUT2D eigenvalue weighted by Gasteiger charge is -2.32. The molecule has 1 aliphatic carbocycles. The third-order valence-corrected chi connectivity index (χ3v) is 8.73. The van der Waals surface area contributed by atoms with E-state index >= 15 is 0 Å². The predicted molar refractivity (Wildman–Crippen MR) is 141 cm³/mol. The second kappa shape index (κ2) is 11.8. The van der Waals surface area contributed by atoms with Gasteiger partial charge in [-0.15, -0.1) is 0 Å². The summed E-state index contributed by atoms with van der Waals surface area (Å²) in [5, 5.41) is 6.75. The Labute approximate surface area is 227 Å². The van der Waals surface area contributed by atoms with Crippen LogP contribution in [0.4, 0.5) is 4.39 Å². The molecule has 10 nitrogen and oxygen atoms in total. The fourth-order valence-corrected chi connectivity index (χ4v) is 6.48. The Kier molecular flexibility index (Phi) is 8.73. The van der Waals surface area contributed by atoms with Gasteiger partial charge in [-0.3, -0.25) is 19.2 Å². The molecule has 0 unspecified atom stereocenters. The molecular weight excluding hydrogens is 527 g/mol. The van der Waals surface area contributed by atoms with Crippen molar-refractivity contribution in [2.45, 2.75) is 57.2 Å². The average molecular weight is 563 g/mol. The summed E-state index contributed by atoms with van der Waals surface area (Å²) in [5.74, 6) is -2.13. The molecule has 0 aromatic heterocycles. The highest BCUT2D eigenvalue weighted by molar-refractivity contribution is 7.94. The summed E-state index contributed by atoms with van der Waals surface area (Å²) in [6.07, 6.45) is 4.54. The Bertz CT molecular complexity index is 1250. The van der Waals surface area contributed by atoms with Gasteiger partial charge in [0.05, 0.1) is 6.04 Å². The standard InChI is InChI=1S/C27H35FN4O6S/c1-16(33)30-23(17-7-4-3-5-8-17)27(36)32-15-19-9-6-10-21(19)24(32)26(35)31-20(14-22(28)39(2,37)38)13-18-11-12-29-25(18)34/h3-5,7-8,14,18-21,23-24H,6,9-13,15H2,1-2H3,(H,29,34)(H,30,33)(H,31,35)/b22-14-/t18-,19+,20+,21+,23-,24-/m0/s1. The number of rotatable bonds is 9. The summed E-state index contributed by atoms with van der Waals surface area (Å²) >= 11 is 0. The van der Waals surface area contributed by atoms with Gasteiger partial charge in [-0.25, -0.2) is 8.42 Å². The van der Waals surface area contributed by atoms with Crippen molar-refractivity contribution in [3.05, 3.63) is 47.1 Å². The van der Waals surface area contributed by atoms with Crippen LogP contribution in [0.15, 0.2) is 41.6 Å². The van der Waals surface area contributed by atoms with E-state index in [1.165, 1.54) is 11.8 Å². The molecule has 2 heterocycles. The fraction of sp³-hybridized carbons (Fsp3) is 0.556. The maximum absolute atomic E-state index is 14.5. The number of carbonyl (C=O) groups is 4. The SMILES string of the molecule is CC(=O)N[C@H](C(=O)N1C[C@H]2CCC[C@H]2[C@H]1C(=O)N[C@@H](/C=C(/F)S(C)(=O)=O)C[C@@H]1CCNC1=O)c1ccccc1. The van der Waals surface area contributed by atoms with Crippen LogP contribution in [0.3, 0.4) is 0 Å². The number of hydrogen-bond donors (Lipinski definition) is 3. The first-order valence-electron chi connectivity index (χ1n) is 13.2. The van der Waals surface area contributed by atoms with Gasteiger partial charge in [0.2, 0.25) is 32.7 Å². The molecule has 3 aliphatic rings. The quantitative estimate of drug-likeness (QED) is 0.415. The molecule has 0 spiro atoms. The van der Waals surface area contributed by atoms with Crippen molar-refractivity contribution in [1.82, 2.24) is 20.9 Å². The van der Waals surface area contributed by atoms with Crippen molar-refractivity contribution in [2.24, 2.45) is 17.8 Å². The number of carbonyl (C=O) groups excluding carboxylic acids is 4. The smallest absolute Gasteiger partial charge is 0.250 e. The predicted octanol–water partition coefficient (Wildman–Crippen LogP) is 1.36. The van der Waals surface area contributed by atoms with Crippen LogP contribution in [-0.4, -0.2) is 68.4 Å². The van der Waals surface area contributed by atoms with Gasteiger partial charge in [-0.1, -0.05) is 36.8 Å². The van der Waals surface area contributed by atoms with Gasteiger partial charge in [0, 0.05) is 32.2 Å². The number of likely N-dealkylation sites (tertiary alicyclic amines) is 1. The van der Waals surface area contributed by atoms with Crippen LogP contribution in [0.2, 0.25) is 0 Å². The Hall–Kier alpha value is -3.28. The first-order valence-corrected chi connectivity index (χ1v) is 15.1. The molecule has 1 aromatic carbocycles. The second-order valence-corrected chi connectivity index (χ2v) is 12.6. The molecule has 1 aromatic rings. The van der Waals surface area contributed by atoms with Gasteiger partial charge in [-0.2, -0.15) is 4.39 Å². The fourth-order valence-electron chi connectivity index (χ4n) is 6.07. The number of fused-ring (bicyclic) bond motifs is 1. The van der Waals surface area contributed by atoms with Crippen LogP contribution in [-0.2, 0) is 29.0 Å². The molecule has 4 amide bonds. The zero-order valence-corrected chi connectivity index (χ0v) is 22.9. The van der Waals surface area contributed by atoms with E-state index in [1.54, 1.807) is 30.3 Å². The highest BCUT2D eigenvalue weighted by atomic mass is 32.2. The lowest BCUT2D eigenvalue weighted by atomic mass is 9.92. The van der Waals surface area contributed by atoms with E-state index < -0.39 is 56.8 Å². The number of benzene rings is 1. The summed E-state index contributed by atoms with van der Waals surface area (Å²) in [7, 11) is -4.15. The van der Waals surface area contributed by atoms with E-state index in [2.05, 4.69) is 16.0 Å². The van der Waals surface area contributed by atoms with Gasteiger partial charge in [0.15, 0.2) is 0 Å². The number of nitrogens with one attached hydrogen (secondary N) is 3. The molecule has 212 valence electrons. The topological polar surface area (TPSA) is 142 Å². The molecule has 2 aliphatic heterocycles. The number of nitrogens with zero attached hydrogens (tertiary/aromatic N) is 1. The minimum atomic E-state index is -4.15. The molecule has 3 fully saturated rings. The van der Waals surface area contributed by atoms with Crippen molar-refractivity contribution in [3.8, 4) is 0 Å². The van der Waals surface area contributed by atoms with E-state index in [4.69, 9.17) is 0 Å². The molecule has 6 atom stereocenters. The van der Waals surface area contributed by atoms with E-state index in [-0.39, 0.29) is 24.2 Å². The summed E-state index contributed by atoms with van der Waals surface area (Å²) < 4.78 is 38.1. The third-order valence-electron chi connectivity index (χ3n) is 7.88. The van der Waals surface area contributed by atoms with Crippen molar-refractivity contribution < 1.29 is 32.0 Å². The molecule has 4 rings (SSSR count). The lowest BCUT2D eigenvalue weighted by molar-refractivity contribution is -0.142. The van der Waals surface area contributed by atoms with Crippen LogP contribution in [0.1, 0.15) is 50.6 Å². The van der Waals surface area contributed by atoms with Crippen molar-refractivity contribution in [2.75, 3.05) is 19.3 Å². The number of hydrogen-bond acceptors (Lipinski definition) is 6. The normalized spacial score (nSPS) is 26.5. The van der Waals surface area contributed by atoms with E-state index in [0.717, 1.165) is 31.6 Å². The Balaban J connectivity index is 1.62. The maximum atomic E-state index is 14.5. The van der Waals surface area contributed by atoms with Gasteiger partial charge in [-0.05, 0) is 49.2 Å². The van der Waals surface area contributed by atoms with Crippen LogP contribution in [0, 0.1) is 17.8 Å². The molecule has 0 bridgehead atoms. The van der Waals surface area contributed by atoms with Crippen LogP contribution < -0.4 is 16.0 Å². The molecular formula is C27H35FN4O6S. The van der Waals surface area contributed by atoms with Gasteiger partial charge in [0.1, 0.15) is 12.1 Å². The van der Waals surface area contributed by atoms with E-state index in [0.29, 0.717) is 25.1 Å². The largest absolute Gasteiger partial charge is 0.356 e. The van der Waals surface area contributed by atoms with Gasteiger partial charge >= 0.3 is 0 Å². The Morgan fingerprint density at radius 1 is 1.15 bits per heavy atom. The first-order chi connectivity index (χ1) is 18.5. The summed E-state index contributed by atoms with van der Waals surface area (Å²) in [6, 6.07) is 5.83. The third kappa shape index (κ3) is 6.66. The second-order valence-electron chi connectivity index (χ2n) is 10.7. The molecule has 3 N–H and O–H groups in total. The van der Waals surface area contributed by atoms with Crippen molar-refractivity contribution in [1.29, 1.82) is 0 Å². The maximum Gasteiger partial charge on any atom is 0.250 e. The number of sulfone groups is 1. The Morgan fingerprint density at radius 3 is 2.49 bits per heavy atom. The summed E-state index contributed by atoms with van der Waals surface area (Å²) in [5.41, 5.74) is 0.581. The minimum Gasteiger partial charge on any atom is -0.356 e. The van der Waals surface area contributed by atoms with Gasteiger partial charge < -0.3 is 20.9 Å². The van der Waals surface area contributed by atoms with Crippen LogP contribution in [0.25, 0.3) is 0 Å². The molecule has 39 heavy (non-hydrogen) atoms. The summed E-state index contributed by atoms with van der Waals surface area (Å²) in [4.78, 5) is 53.3. The highest BCUT2D eigenvalue weighted by Crippen LogP contribution is 2.43. The monoisotopic (exact) mass is 562 g/mol. The molecule has 1 saturated carbocycles. The van der Waals surface area contributed by atoms with Crippen molar-refractivity contribution in [3.63, 3.8) is 0 Å². The van der Waals surface area contributed by atoms with Crippen LogP contribution in [0.5, 0.6) is 0 Å². The lowest BCUT2D eigenvalue weighted by Crippen LogP contribution is -2.53. The summed E-state index contributed by atoms with van der Waals surface area (Å²) in [6.45, 7) is 2.10. The van der Waals surface area contributed by atoms with Crippen LogP contribution >= 0.6 is 0 Å². The molecule has 2 saturated heterocycles. The first kappa shape index (κ1) is 28.7.